The molecule has 1 amide bonds. The summed E-state index contributed by atoms with van der Waals surface area (Å²) in [6.45, 7) is 0. The number of para-hydroxylation sites is 1. The van der Waals surface area contributed by atoms with Gasteiger partial charge in [-0.15, -0.1) is 11.3 Å². The van der Waals surface area contributed by atoms with E-state index in [2.05, 4.69) is 15.3 Å². The van der Waals surface area contributed by atoms with Crippen molar-refractivity contribution in [1.29, 1.82) is 5.26 Å². The van der Waals surface area contributed by atoms with E-state index in [9.17, 15) is 13.2 Å². The summed E-state index contributed by atoms with van der Waals surface area (Å²) in [4.78, 5) is 19.9. The standard InChI is InChI=1S/C17H13N5O3S3/c18-8-11-4-1-2-5-12(11)21-14(23)10-27-17-20-9-13(16(19)22-17)28(24,25)15-6-3-7-26-15/h1-7,9H,10H2,(H,21,23)(H2,19,20,22). The topological polar surface area (TPSA) is 139 Å². The molecule has 3 rings (SSSR count). The van der Waals surface area contributed by atoms with Gasteiger partial charge in [-0.2, -0.15) is 5.26 Å². The normalized spacial score (nSPS) is 11.0. The Bertz CT molecular complexity index is 1160. The molecule has 0 atom stereocenters. The molecule has 11 heteroatoms. The summed E-state index contributed by atoms with van der Waals surface area (Å²) in [5.41, 5.74) is 6.57. The van der Waals surface area contributed by atoms with Crippen LogP contribution in [-0.4, -0.2) is 30.0 Å². The van der Waals surface area contributed by atoms with Crippen LogP contribution < -0.4 is 11.1 Å². The van der Waals surface area contributed by atoms with Crippen molar-refractivity contribution in [2.45, 2.75) is 14.3 Å². The van der Waals surface area contributed by atoms with E-state index in [-0.39, 0.29) is 31.7 Å². The van der Waals surface area contributed by atoms with E-state index >= 15 is 0 Å². The molecule has 0 spiro atoms. The van der Waals surface area contributed by atoms with Gasteiger partial charge in [-0.1, -0.05) is 30.0 Å². The number of nitrogens with zero attached hydrogens (tertiary/aromatic N) is 3. The molecular formula is C17H13N5O3S3. The predicted octanol–water partition coefficient (Wildman–Crippen LogP) is 2.56. The van der Waals surface area contributed by atoms with Crippen molar-refractivity contribution in [2.24, 2.45) is 0 Å². The highest BCUT2D eigenvalue weighted by molar-refractivity contribution is 7.99. The Morgan fingerprint density at radius 3 is 2.75 bits per heavy atom. The number of thiophene rings is 1. The first-order valence-electron chi connectivity index (χ1n) is 7.74. The Morgan fingerprint density at radius 1 is 1.29 bits per heavy atom. The summed E-state index contributed by atoms with van der Waals surface area (Å²) in [6.07, 6.45) is 1.14. The largest absolute Gasteiger partial charge is 0.382 e. The van der Waals surface area contributed by atoms with Crippen LogP contribution in [0.5, 0.6) is 0 Å². The number of amides is 1. The first-order chi connectivity index (χ1) is 13.4. The number of anilines is 2. The molecule has 142 valence electrons. The lowest BCUT2D eigenvalue weighted by molar-refractivity contribution is -0.113. The molecule has 8 nitrogen and oxygen atoms in total. The lowest BCUT2D eigenvalue weighted by atomic mass is 10.2. The first kappa shape index (κ1) is 19.8. The molecule has 0 fully saturated rings. The van der Waals surface area contributed by atoms with Crippen molar-refractivity contribution in [1.82, 2.24) is 9.97 Å². The number of sulfone groups is 1. The number of aromatic nitrogens is 2. The van der Waals surface area contributed by atoms with Crippen LogP contribution in [0.4, 0.5) is 11.5 Å². The number of nitrogens with one attached hydrogen (secondary N) is 1. The first-order valence-corrected chi connectivity index (χ1v) is 11.1. The van der Waals surface area contributed by atoms with Gasteiger partial charge in [0.25, 0.3) is 0 Å². The van der Waals surface area contributed by atoms with Crippen molar-refractivity contribution in [2.75, 3.05) is 16.8 Å². The number of nitrogen functional groups attached to an aromatic ring is 1. The molecule has 1 aromatic carbocycles. The number of benzene rings is 1. The molecule has 0 saturated carbocycles. The monoisotopic (exact) mass is 431 g/mol. The molecule has 0 aliphatic carbocycles. The van der Waals surface area contributed by atoms with Gasteiger partial charge in [-0.3, -0.25) is 4.79 Å². The molecule has 0 aliphatic rings. The molecule has 0 unspecified atom stereocenters. The van der Waals surface area contributed by atoms with Crippen molar-refractivity contribution in [3.63, 3.8) is 0 Å². The van der Waals surface area contributed by atoms with Crippen LogP contribution in [0.25, 0.3) is 0 Å². The van der Waals surface area contributed by atoms with Crippen LogP contribution in [0.15, 0.2) is 62.2 Å². The van der Waals surface area contributed by atoms with Crippen molar-refractivity contribution >= 4 is 50.3 Å². The number of hydrogen-bond donors (Lipinski definition) is 2. The third kappa shape index (κ3) is 4.30. The molecule has 0 radical (unpaired) electrons. The van der Waals surface area contributed by atoms with E-state index in [4.69, 9.17) is 11.0 Å². The maximum atomic E-state index is 12.5. The molecule has 2 heterocycles. The molecule has 3 N–H and O–H groups in total. The van der Waals surface area contributed by atoms with Crippen LogP contribution in [-0.2, 0) is 14.6 Å². The number of nitrogens with two attached hydrogens (primary N) is 1. The van der Waals surface area contributed by atoms with Gasteiger partial charge in [-0.05, 0) is 23.6 Å². The Labute approximate surface area is 169 Å². The highest BCUT2D eigenvalue weighted by atomic mass is 32.2. The summed E-state index contributed by atoms with van der Waals surface area (Å²) in [6, 6.07) is 11.7. The number of thioether (sulfide) groups is 1. The second kappa shape index (κ2) is 8.39. The lowest BCUT2D eigenvalue weighted by Gasteiger charge is -2.08. The Morgan fingerprint density at radius 2 is 2.07 bits per heavy atom. The van der Waals surface area contributed by atoms with E-state index in [0.717, 1.165) is 29.3 Å². The van der Waals surface area contributed by atoms with Gasteiger partial charge < -0.3 is 11.1 Å². The SMILES string of the molecule is N#Cc1ccccc1NC(=O)CSc1ncc(S(=O)(=O)c2cccs2)c(N)n1. The second-order valence-corrected chi connectivity index (χ2v) is 9.37. The van der Waals surface area contributed by atoms with Gasteiger partial charge in [0.2, 0.25) is 15.7 Å². The second-order valence-electron chi connectivity index (χ2n) is 5.33. The summed E-state index contributed by atoms with van der Waals surface area (Å²) >= 11 is 2.08. The fourth-order valence-corrected chi connectivity index (χ4v) is 5.17. The van der Waals surface area contributed by atoms with E-state index in [1.807, 2.05) is 6.07 Å². The minimum atomic E-state index is -3.77. The van der Waals surface area contributed by atoms with Crippen LogP contribution in [0.3, 0.4) is 0 Å². The quantitative estimate of drug-likeness (QED) is 0.448. The van der Waals surface area contributed by atoms with Gasteiger partial charge in [0, 0.05) is 0 Å². The van der Waals surface area contributed by atoms with Crippen molar-refractivity contribution in [3.8, 4) is 6.07 Å². The molecule has 0 aliphatic heterocycles. The van der Waals surface area contributed by atoms with Crippen molar-refractivity contribution in [3.05, 3.63) is 53.5 Å². The van der Waals surface area contributed by atoms with E-state index in [0.29, 0.717) is 11.3 Å². The summed E-state index contributed by atoms with van der Waals surface area (Å²) in [7, 11) is -3.77. The lowest BCUT2D eigenvalue weighted by Crippen LogP contribution is -2.15. The number of hydrogen-bond acceptors (Lipinski definition) is 9. The van der Waals surface area contributed by atoms with Gasteiger partial charge in [0.1, 0.15) is 21.0 Å². The van der Waals surface area contributed by atoms with Gasteiger partial charge >= 0.3 is 0 Å². The third-order valence-electron chi connectivity index (χ3n) is 3.46. The maximum absolute atomic E-state index is 12.5. The molecule has 3 aromatic rings. The molecule has 0 bridgehead atoms. The van der Waals surface area contributed by atoms with Crippen LogP contribution >= 0.6 is 23.1 Å². The number of rotatable bonds is 6. The zero-order valence-electron chi connectivity index (χ0n) is 14.2. The summed E-state index contributed by atoms with van der Waals surface area (Å²) in [5.74, 6) is -0.567. The molecular weight excluding hydrogens is 418 g/mol. The highest BCUT2D eigenvalue weighted by Crippen LogP contribution is 2.28. The molecule has 2 aromatic heterocycles. The fourth-order valence-electron chi connectivity index (χ4n) is 2.17. The smallest absolute Gasteiger partial charge is 0.234 e. The molecule has 0 saturated heterocycles. The van der Waals surface area contributed by atoms with Crippen LogP contribution in [0, 0.1) is 11.3 Å². The minimum absolute atomic E-state index is 0.0315. The van der Waals surface area contributed by atoms with Gasteiger partial charge in [0.05, 0.1) is 23.2 Å². The van der Waals surface area contributed by atoms with E-state index in [1.165, 1.54) is 6.07 Å². The van der Waals surface area contributed by atoms with E-state index in [1.54, 1.807) is 35.7 Å². The fraction of sp³-hybridized carbons (Fsp3) is 0.0588. The average Bonchev–Trinajstić information content (AvgIpc) is 3.22. The van der Waals surface area contributed by atoms with Crippen LogP contribution in [0.1, 0.15) is 5.56 Å². The van der Waals surface area contributed by atoms with Crippen LogP contribution in [0.2, 0.25) is 0 Å². The summed E-state index contributed by atoms with van der Waals surface area (Å²) < 4.78 is 25.2. The third-order valence-corrected chi connectivity index (χ3v) is 7.49. The Kier molecular flexibility index (Phi) is 5.93. The minimum Gasteiger partial charge on any atom is -0.382 e. The van der Waals surface area contributed by atoms with E-state index < -0.39 is 9.84 Å². The number of carbonyl (C=O) groups is 1. The highest BCUT2D eigenvalue weighted by Gasteiger charge is 2.23. The summed E-state index contributed by atoms with van der Waals surface area (Å²) in [5, 5.41) is 13.5. The molecule has 28 heavy (non-hydrogen) atoms. The number of carbonyl (C=O) groups excluding carboxylic acids is 1. The Balaban J connectivity index is 1.68. The number of nitriles is 1. The zero-order valence-corrected chi connectivity index (χ0v) is 16.6. The Hall–Kier alpha value is -2.94. The maximum Gasteiger partial charge on any atom is 0.234 e. The zero-order chi connectivity index (χ0) is 20.1. The van der Waals surface area contributed by atoms with Gasteiger partial charge in [0.15, 0.2) is 5.16 Å². The average molecular weight is 432 g/mol. The van der Waals surface area contributed by atoms with Gasteiger partial charge in [-0.25, -0.2) is 18.4 Å². The van der Waals surface area contributed by atoms with Crippen molar-refractivity contribution < 1.29 is 13.2 Å². The predicted molar refractivity (Wildman–Crippen MR) is 107 cm³/mol.